The Morgan fingerprint density at radius 1 is 0.960 bits per heavy atom. The molecule has 1 atom stereocenters. The molecule has 138 valence electrons. The average molecular weight is 365 g/mol. The first-order chi connectivity index (χ1) is 12.0. The lowest BCUT2D eigenvalue weighted by molar-refractivity contribution is -0.139. The molecule has 1 N–H and O–H groups in total. The van der Waals surface area contributed by atoms with E-state index in [0.29, 0.717) is 17.2 Å². The zero-order valence-electron chi connectivity index (χ0n) is 14.7. The fourth-order valence-electron chi connectivity index (χ4n) is 4.42. The zero-order chi connectivity index (χ0) is 17.9. The van der Waals surface area contributed by atoms with Gasteiger partial charge in [0.05, 0.1) is 16.1 Å². The summed E-state index contributed by atoms with van der Waals surface area (Å²) >= 11 is 0. The van der Waals surface area contributed by atoms with E-state index in [1.54, 1.807) is 24.3 Å². The molecule has 25 heavy (non-hydrogen) atoms. The van der Waals surface area contributed by atoms with Crippen LogP contribution >= 0.6 is 0 Å². The van der Waals surface area contributed by atoms with Crippen molar-refractivity contribution in [3.8, 4) is 0 Å². The second-order valence-electron chi connectivity index (χ2n) is 7.65. The van der Waals surface area contributed by atoms with Gasteiger partial charge in [-0.05, 0) is 42.9 Å². The highest BCUT2D eigenvalue weighted by molar-refractivity contribution is 7.92. The van der Waals surface area contributed by atoms with E-state index in [2.05, 4.69) is 0 Å². The van der Waals surface area contributed by atoms with Crippen molar-refractivity contribution in [1.29, 1.82) is 0 Å². The van der Waals surface area contributed by atoms with Gasteiger partial charge in [0.1, 0.15) is 0 Å². The monoisotopic (exact) mass is 364 g/mol. The highest BCUT2D eigenvalue weighted by Crippen LogP contribution is 2.35. The van der Waals surface area contributed by atoms with Crippen LogP contribution in [0.25, 0.3) is 0 Å². The first-order valence-corrected chi connectivity index (χ1v) is 11.1. The van der Waals surface area contributed by atoms with Gasteiger partial charge in [0.25, 0.3) is 0 Å². The van der Waals surface area contributed by atoms with Gasteiger partial charge in [0.2, 0.25) is 0 Å². The van der Waals surface area contributed by atoms with Crippen LogP contribution in [0.1, 0.15) is 75.7 Å². The van der Waals surface area contributed by atoms with Crippen molar-refractivity contribution in [2.45, 2.75) is 80.3 Å². The van der Waals surface area contributed by atoms with Crippen LogP contribution in [0.3, 0.4) is 0 Å². The van der Waals surface area contributed by atoms with Gasteiger partial charge in [-0.2, -0.15) is 0 Å². The predicted molar refractivity (Wildman–Crippen MR) is 97.5 cm³/mol. The number of carboxylic acid groups (broad SMARTS) is 1. The lowest BCUT2D eigenvalue weighted by Gasteiger charge is -2.22. The number of hydrogen-bond donors (Lipinski definition) is 1. The van der Waals surface area contributed by atoms with Crippen molar-refractivity contribution in [2.24, 2.45) is 5.92 Å². The van der Waals surface area contributed by atoms with Gasteiger partial charge in [-0.15, -0.1) is 0 Å². The molecule has 0 heterocycles. The number of rotatable bonds is 6. The number of aliphatic carboxylic acids is 1. The SMILES string of the molecule is O=C(O)C(CC1CCCC1)c1ccc(S(=O)(=O)C2CCCCC2)cc1. The highest BCUT2D eigenvalue weighted by atomic mass is 32.2. The molecule has 1 aromatic rings. The number of sulfone groups is 1. The van der Waals surface area contributed by atoms with Gasteiger partial charge in [0.15, 0.2) is 9.84 Å². The summed E-state index contributed by atoms with van der Waals surface area (Å²) in [6, 6.07) is 6.65. The molecule has 2 fully saturated rings. The van der Waals surface area contributed by atoms with E-state index in [4.69, 9.17) is 0 Å². The van der Waals surface area contributed by atoms with Gasteiger partial charge in [-0.3, -0.25) is 4.79 Å². The van der Waals surface area contributed by atoms with E-state index in [1.807, 2.05) is 0 Å². The predicted octanol–water partition coefficient (Wildman–Crippen LogP) is 4.54. The number of carbonyl (C=O) groups is 1. The lowest BCUT2D eigenvalue weighted by Crippen LogP contribution is -2.24. The molecule has 4 nitrogen and oxygen atoms in total. The Labute approximate surface area is 150 Å². The fraction of sp³-hybridized carbons (Fsp3) is 0.650. The second-order valence-corrected chi connectivity index (χ2v) is 9.88. The molecule has 1 aromatic carbocycles. The summed E-state index contributed by atoms with van der Waals surface area (Å²) in [5, 5.41) is 9.32. The van der Waals surface area contributed by atoms with Gasteiger partial charge < -0.3 is 5.11 Å². The molecule has 5 heteroatoms. The van der Waals surface area contributed by atoms with Crippen molar-refractivity contribution in [3.05, 3.63) is 29.8 Å². The Hall–Kier alpha value is -1.36. The lowest BCUT2D eigenvalue weighted by atomic mass is 9.88. The molecule has 0 saturated heterocycles. The minimum absolute atomic E-state index is 0.277. The molecule has 2 aliphatic rings. The van der Waals surface area contributed by atoms with Crippen LogP contribution in [0.4, 0.5) is 0 Å². The topological polar surface area (TPSA) is 71.4 Å². The Morgan fingerprint density at radius 3 is 2.08 bits per heavy atom. The summed E-state index contributed by atoms with van der Waals surface area (Å²) in [5.74, 6) is -0.865. The average Bonchev–Trinajstić information content (AvgIpc) is 3.13. The van der Waals surface area contributed by atoms with Crippen LogP contribution in [-0.4, -0.2) is 24.7 Å². The van der Waals surface area contributed by atoms with Gasteiger partial charge in [0, 0.05) is 0 Å². The molecule has 2 aliphatic carbocycles. The summed E-state index contributed by atoms with van der Waals surface area (Å²) in [4.78, 5) is 12.0. The third-order valence-electron chi connectivity index (χ3n) is 5.94. The largest absolute Gasteiger partial charge is 0.481 e. The van der Waals surface area contributed by atoms with Gasteiger partial charge >= 0.3 is 5.97 Å². The summed E-state index contributed by atoms with van der Waals surface area (Å²) in [5.41, 5.74) is 0.724. The maximum Gasteiger partial charge on any atom is 0.310 e. The van der Waals surface area contributed by atoms with Crippen LogP contribution in [-0.2, 0) is 14.6 Å². The molecule has 1 unspecified atom stereocenters. The summed E-state index contributed by atoms with van der Waals surface area (Å²) in [7, 11) is -3.29. The second kappa shape index (κ2) is 7.90. The number of hydrogen-bond acceptors (Lipinski definition) is 3. The van der Waals surface area contributed by atoms with Crippen molar-refractivity contribution in [3.63, 3.8) is 0 Å². The minimum Gasteiger partial charge on any atom is -0.481 e. The normalized spacial score (nSPS) is 21.3. The van der Waals surface area contributed by atoms with E-state index < -0.39 is 21.7 Å². The molecule has 0 amide bonds. The van der Waals surface area contributed by atoms with Crippen LogP contribution in [0.15, 0.2) is 29.2 Å². The Kier molecular flexibility index (Phi) is 5.82. The van der Waals surface area contributed by atoms with E-state index in [-0.39, 0.29) is 5.25 Å². The number of benzene rings is 1. The first kappa shape index (κ1) is 18.4. The Bertz CT molecular complexity index is 681. The molecule has 0 radical (unpaired) electrons. The quantitative estimate of drug-likeness (QED) is 0.804. The van der Waals surface area contributed by atoms with Crippen molar-refractivity contribution >= 4 is 15.8 Å². The molecule has 0 spiro atoms. The van der Waals surface area contributed by atoms with Crippen LogP contribution in [0.5, 0.6) is 0 Å². The summed E-state index contributed by atoms with van der Waals surface area (Å²) in [6.07, 6.45) is 9.80. The van der Waals surface area contributed by atoms with E-state index in [0.717, 1.165) is 50.5 Å². The van der Waals surface area contributed by atoms with Gasteiger partial charge in [-0.1, -0.05) is 57.1 Å². The standard InChI is InChI=1S/C20H28O4S/c21-20(22)19(14-15-6-4-5-7-15)16-10-12-18(13-11-16)25(23,24)17-8-2-1-3-9-17/h10-13,15,17,19H,1-9,14H2,(H,21,22). The Morgan fingerprint density at radius 2 is 1.52 bits per heavy atom. The molecule has 0 aliphatic heterocycles. The van der Waals surface area contributed by atoms with Crippen molar-refractivity contribution in [2.75, 3.05) is 0 Å². The van der Waals surface area contributed by atoms with Gasteiger partial charge in [-0.25, -0.2) is 8.42 Å². The highest BCUT2D eigenvalue weighted by Gasteiger charge is 2.30. The van der Waals surface area contributed by atoms with Crippen molar-refractivity contribution in [1.82, 2.24) is 0 Å². The zero-order valence-corrected chi connectivity index (χ0v) is 15.5. The van der Waals surface area contributed by atoms with E-state index in [1.165, 1.54) is 12.8 Å². The van der Waals surface area contributed by atoms with E-state index in [9.17, 15) is 18.3 Å². The maximum absolute atomic E-state index is 12.8. The third-order valence-corrected chi connectivity index (χ3v) is 8.22. The minimum atomic E-state index is -3.29. The molecular formula is C20H28O4S. The summed E-state index contributed by atoms with van der Waals surface area (Å²) < 4.78 is 25.5. The van der Waals surface area contributed by atoms with Crippen molar-refractivity contribution < 1.29 is 18.3 Å². The van der Waals surface area contributed by atoms with Crippen LogP contribution in [0, 0.1) is 5.92 Å². The van der Waals surface area contributed by atoms with E-state index >= 15 is 0 Å². The van der Waals surface area contributed by atoms with Crippen LogP contribution in [0.2, 0.25) is 0 Å². The molecular weight excluding hydrogens is 336 g/mol. The molecule has 2 saturated carbocycles. The molecule has 0 bridgehead atoms. The third kappa shape index (κ3) is 4.25. The number of carboxylic acids is 1. The van der Waals surface area contributed by atoms with Crippen LogP contribution < -0.4 is 0 Å². The smallest absolute Gasteiger partial charge is 0.310 e. The fourth-order valence-corrected chi connectivity index (χ4v) is 6.27. The molecule has 0 aromatic heterocycles. The Balaban J connectivity index is 1.76. The molecule has 3 rings (SSSR count). The summed E-state index contributed by atoms with van der Waals surface area (Å²) in [6.45, 7) is 0. The maximum atomic E-state index is 12.8. The first-order valence-electron chi connectivity index (χ1n) is 9.55.